The highest BCUT2D eigenvalue weighted by molar-refractivity contribution is 5.71. The van der Waals surface area contributed by atoms with Crippen molar-refractivity contribution in [2.24, 2.45) is 5.92 Å². The number of hydrogen-bond acceptors (Lipinski definition) is 4. The van der Waals surface area contributed by atoms with Crippen LogP contribution in [-0.4, -0.2) is 45.5 Å². The summed E-state index contributed by atoms with van der Waals surface area (Å²) in [5.41, 5.74) is 6.25. The number of benzene rings is 1. The standard InChI is InChI=1S/C21H30N2O2/c1-14-12-25-19-10-17-4-7-22-8-5-18(17)20(16-2-3-16)21(19)23(14)11-15-6-9-24-13-15/h10,14-16,22H,2-9,11-13H2,1H3/t14-,15+/m0/s1. The maximum Gasteiger partial charge on any atom is 0.143 e. The van der Waals surface area contributed by atoms with E-state index in [0.29, 0.717) is 12.0 Å². The Bertz CT molecular complexity index is 650. The van der Waals surface area contributed by atoms with E-state index in [2.05, 4.69) is 23.2 Å². The number of hydrogen-bond donors (Lipinski definition) is 1. The minimum atomic E-state index is 0.451. The smallest absolute Gasteiger partial charge is 0.143 e. The van der Waals surface area contributed by atoms with E-state index in [-0.39, 0.29) is 0 Å². The van der Waals surface area contributed by atoms with Crippen molar-refractivity contribution in [3.8, 4) is 5.75 Å². The van der Waals surface area contributed by atoms with Gasteiger partial charge in [0.15, 0.2) is 0 Å². The van der Waals surface area contributed by atoms with E-state index in [1.165, 1.54) is 36.9 Å². The zero-order valence-electron chi connectivity index (χ0n) is 15.4. The summed E-state index contributed by atoms with van der Waals surface area (Å²) in [5, 5.41) is 3.58. The van der Waals surface area contributed by atoms with Crippen molar-refractivity contribution in [1.82, 2.24) is 5.32 Å². The molecule has 136 valence electrons. The largest absolute Gasteiger partial charge is 0.489 e. The van der Waals surface area contributed by atoms with Crippen LogP contribution in [0.15, 0.2) is 6.07 Å². The number of anilines is 1. The summed E-state index contributed by atoms with van der Waals surface area (Å²) >= 11 is 0. The van der Waals surface area contributed by atoms with E-state index in [0.717, 1.165) is 57.5 Å². The normalized spacial score (nSPS) is 28.9. The highest BCUT2D eigenvalue weighted by Gasteiger charge is 2.38. The van der Waals surface area contributed by atoms with Crippen LogP contribution in [0.2, 0.25) is 0 Å². The van der Waals surface area contributed by atoms with Gasteiger partial charge in [-0.05, 0) is 80.8 Å². The van der Waals surface area contributed by atoms with Crippen LogP contribution in [0.5, 0.6) is 5.75 Å². The van der Waals surface area contributed by atoms with Crippen LogP contribution in [0.1, 0.15) is 48.8 Å². The van der Waals surface area contributed by atoms with E-state index in [1.54, 1.807) is 11.1 Å². The topological polar surface area (TPSA) is 33.7 Å². The molecule has 1 aromatic rings. The molecule has 4 aliphatic rings. The average Bonchev–Trinajstić information content (AvgIpc) is 3.37. The summed E-state index contributed by atoms with van der Waals surface area (Å²) in [6.07, 6.45) is 6.21. The molecule has 0 spiro atoms. The second-order valence-electron chi connectivity index (χ2n) is 8.34. The van der Waals surface area contributed by atoms with Gasteiger partial charge in [0.25, 0.3) is 0 Å². The van der Waals surface area contributed by atoms with E-state index in [9.17, 15) is 0 Å². The monoisotopic (exact) mass is 342 g/mol. The summed E-state index contributed by atoms with van der Waals surface area (Å²) in [4.78, 5) is 2.67. The second kappa shape index (κ2) is 6.48. The van der Waals surface area contributed by atoms with E-state index in [1.807, 2.05) is 0 Å². The van der Waals surface area contributed by atoms with Gasteiger partial charge in [-0.15, -0.1) is 0 Å². The molecule has 0 aromatic heterocycles. The maximum absolute atomic E-state index is 6.26. The molecular weight excluding hydrogens is 312 g/mol. The van der Waals surface area contributed by atoms with E-state index < -0.39 is 0 Å². The maximum atomic E-state index is 6.26. The summed E-state index contributed by atoms with van der Waals surface area (Å²) < 4.78 is 11.9. The van der Waals surface area contributed by atoms with Gasteiger partial charge in [-0.1, -0.05) is 0 Å². The lowest BCUT2D eigenvalue weighted by Crippen LogP contribution is -2.44. The number of ether oxygens (including phenoxy) is 2. The second-order valence-corrected chi connectivity index (χ2v) is 8.34. The minimum absolute atomic E-state index is 0.451. The third-order valence-corrected chi connectivity index (χ3v) is 6.39. The van der Waals surface area contributed by atoms with Crippen molar-refractivity contribution in [2.45, 2.75) is 51.0 Å². The SMILES string of the molecule is C[C@H]1COc2cc3c(c(C4CC4)c2N1C[C@H]1CCOC1)CCNCC3. The molecule has 1 aromatic carbocycles. The van der Waals surface area contributed by atoms with Crippen molar-refractivity contribution < 1.29 is 9.47 Å². The molecule has 2 atom stereocenters. The fraction of sp³-hybridized carbons (Fsp3) is 0.714. The highest BCUT2D eigenvalue weighted by atomic mass is 16.5. The van der Waals surface area contributed by atoms with Gasteiger partial charge in [-0.2, -0.15) is 0 Å². The van der Waals surface area contributed by atoms with Crippen LogP contribution < -0.4 is 15.0 Å². The summed E-state index contributed by atoms with van der Waals surface area (Å²) in [5.74, 6) is 2.58. The summed E-state index contributed by atoms with van der Waals surface area (Å²) in [6.45, 7) is 8.31. The average molecular weight is 342 g/mol. The Balaban J connectivity index is 1.59. The number of rotatable bonds is 3. The lowest BCUT2D eigenvalue weighted by atomic mass is 9.90. The first kappa shape index (κ1) is 16.0. The molecule has 4 heteroatoms. The van der Waals surface area contributed by atoms with Crippen LogP contribution in [0.25, 0.3) is 0 Å². The molecule has 0 amide bonds. The van der Waals surface area contributed by atoms with Crippen molar-refractivity contribution >= 4 is 5.69 Å². The van der Waals surface area contributed by atoms with Crippen molar-refractivity contribution in [3.63, 3.8) is 0 Å². The molecule has 0 unspecified atom stereocenters. The van der Waals surface area contributed by atoms with E-state index >= 15 is 0 Å². The zero-order valence-corrected chi connectivity index (χ0v) is 15.4. The van der Waals surface area contributed by atoms with E-state index in [4.69, 9.17) is 9.47 Å². The summed E-state index contributed by atoms with van der Waals surface area (Å²) in [6, 6.07) is 2.82. The fourth-order valence-electron chi connectivity index (χ4n) is 4.86. The Hall–Kier alpha value is -1.26. The lowest BCUT2D eigenvalue weighted by molar-refractivity contribution is 0.184. The summed E-state index contributed by atoms with van der Waals surface area (Å²) in [7, 11) is 0. The predicted molar refractivity (Wildman–Crippen MR) is 99.9 cm³/mol. The Morgan fingerprint density at radius 3 is 2.84 bits per heavy atom. The molecule has 1 N–H and O–H groups in total. The first-order valence-electron chi connectivity index (χ1n) is 10.2. The van der Waals surface area contributed by atoms with Gasteiger partial charge in [0.2, 0.25) is 0 Å². The van der Waals surface area contributed by atoms with Gasteiger partial charge >= 0.3 is 0 Å². The highest BCUT2D eigenvalue weighted by Crippen LogP contribution is 2.52. The molecular formula is C21H30N2O2. The molecule has 0 bridgehead atoms. The molecule has 0 radical (unpaired) electrons. The Labute approximate surface area is 150 Å². The van der Waals surface area contributed by atoms with Crippen LogP contribution in [0.3, 0.4) is 0 Å². The quantitative estimate of drug-likeness (QED) is 0.916. The van der Waals surface area contributed by atoms with Crippen molar-refractivity contribution in [2.75, 3.05) is 44.4 Å². The minimum Gasteiger partial charge on any atom is -0.489 e. The molecule has 3 aliphatic heterocycles. The first-order chi connectivity index (χ1) is 12.3. The van der Waals surface area contributed by atoms with Crippen LogP contribution in [0, 0.1) is 5.92 Å². The lowest BCUT2D eigenvalue weighted by Gasteiger charge is -2.40. The molecule has 4 nitrogen and oxygen atoms in total. The molecule has 5 rings (SSSR count). The van der Waals surface area contributed by atoms with Crippen molar-refractivity contribution in [1.29, 1.82) is 0 Å². The zero-order chi connectivity index (χ0) is 16.8. The Morgan fingerprint density at radius 2 is 2.04 bits per heavy atom. The third-order valence-electron chi connectivity index (χ3n) is 6.39. The molecule has 2 fully saturated rings. The molecule has 1 aliphatic carbocycles. The number of nitrogens with one attached hydrogen (secondary N) is 1. The van der Waals surface area contributed by atoms with Gasteiger partial charge in [0.05, 0.1) is 18.3 Å². The van der Waals surface area contributed by atoms with Gasteiger partial charge < -0.3 is 19.7 Å². The van der Waals surface area contributed by atoms with Crippen LogP contribution >= 0.6 is 0 Å². The first-order valence-corrected chi connectivity index (χ1v) is 10.2. The van der Waals surface area contributed by atoms with Crippen LogP contribution in [-0.2, 0) is 17.6 Å². The molecule has 3 heterocycles. The number of nitrogens with zero attached hydrogens (tertiary/aromatic N) is 1. The third kappa shape index (κ3) is 2.93. The van der Waals surface area contributed by atoms with Crippen LogP contribution in [0.4, 0.5) is 5.69 Å². The Kier molecular flexibility index (Phi) is 4.13. The van der Waals surface area contributed by atoms with Gasteiger partial charge in [0.1, 0.15) is 12.4 Å². The fourth-order valence-corrected chi connectivity index (χ4v) is 4.86. The molecule has 1 saturated heterocycles. The van der Waals surface area contributed by atoms with Gasteiger partial charge in [-0.3, -0.25) is 0 Å². The van der Waals surface area contributed by atoms with Gasteiger partial charge in [-0.25, -0.2) is 0 Å². The predicted octanol–water partition coefficient (Wildman–Crippen LogP) is 2.88. The molecule has 25 heavy (non-hydrogen) atoms. The number of fused-ring (bicyclic) bond motifs is 2. The Morgan fingerprint density at radius 1 is 1.16 bits per heavy atom. The van der Waals surface area contributed by atoms with Crippen molar-refractivity contribution in [3.05, 3.63) is 22.8 Å². The molecule has 1 saturated carbocycles. The van der Waals surface area contributed by atoms with Gasteiger partial charge in [0, 0.05) is 19.1 Å².